The van der Waals surface area contributed by atoms with Crippen LogP contribution in [-0.2, 0) is 6.42 Å². The zero-order valence-corrected chi connectivity index (χ0v) is 7.86. The van der Waals surface area contributed by atoms with E-state index in [2.05, 4.69) is 9.97 Å². The molecule has 0 saturated carbocycles. The van der Waals surface area contributed by atoms with Crippen LogP contribution >= 0.6 is 0 Å². The molecule has 0 aliphatic carbocycles. The molecule has 15 heavy (non-hydrogen) atoms. The molecule has 0 spiro atoms. The maximum Gasteiger partial charge on any atom is 0.350 e. The normalized spacial score (nSPS) is 10.1. The molecule has 0 radical (unpaired) electrons. The molecular formula is C10H9N3O2. The first-order valence-corrected chi connectivity index (χ1v) is 4.47. The van der Waals surface area contributed by atoms with E-state index in [9.17, 15) is 9.59 Å². The second kappa shape index (κ2) is 3.91. The van der Waals surface area contributed by atoms with Gasteiger partial charge >= 0.3 is 11.4 Å². The maximum atomic E-state index is 11.0. The van der Waals surface area contributed by atoms with Crippen LogP contribution in [0.4, 0.5) is 0 Å². The zero-order valence-electron chi connectivity index (χ0n) is 7.86. The van der Waals surface area contributed by atoms with E-state index in [0.29, 0.717) is 12.2 Å². The van der Waals surface area contributed by atoms with Gasteiger partial charge in [-0.3, -0.25) is 9.97 Å². The average Bonchev–Trinajstić information content (AvgIpc) is 2.17. The van der Waals surface area contributed by atoms with Crippen molar-refractivity contribution in [3.05, 3.63) is 62.7 Å². The summed E-state index contributed by atoms with van der Waals surface area (Å²) >= 11 is 0. The minimum atomic E-state index is -0.621. The molecular weight excluding hydrogens is 194 g/mol. The van der Waals surface area contributed by atoms with Gasteiger partial charge in [0.15, 0.2) is 0 Å². The lowest BCUT2D eigenvalue weighted by atomic mass is 10.1. The summed E-state index contributed by atoms with van der Waals surface area (Å²) in [5, 5.41) is 0. The highest BCUT2D eigenvalue weighted by Crippen LogP contribution is 2.01. The van der Waals surface area contributed by atoms with Crippen LogP contribution in [0.15, 0.2) is 39.9 Å². The molecule has 2 rings (SSSR count). The summed E-state index contributed by atoms with van der Waals surface area (Å²) in [6.07, 6.45) is 0.444. The van der Waals surface area contributed by atoms with Crippen molar-refractivity contribution in [3.63, 3.8) is 0 Å². The molecule has 5 heteroatoms. The summed E-state index contributed by atoms with van der Waals surface area (Å²) in [6, 6.07) is 9.49. The van der Waals surface area contributed by atoms with Crippen LogP contribution in [-0.4, -0.2) is 15.0 Å². The topological polar surface area (TPSA) is 78.6 Å². The smallest absolute Gasteiger partial charge is 0.295 e. The third kappa shape index (κ3) is 2.40. The lowest BCUT2D eigenvalue weighted by Gasteiger charge is -1.98. The van der Waals surface area contributed by atoms with Crippen LogP contribution in [0.3, 0.4) is 0 Å². The molecule has 76 valence electrons. The Morgan fingerprint density at radius 1 is 1.07 bits per heavy atom. The molecule has 0 fully saturated rings. The van der Waals surface area contributed by atoms with Gasteiger partial charge in [0, 0.05) is 6.42 Å². The quantitative estimate of drug-likeness (QED) is 0.723. The molecule has 0 atom stereocenters. The van der Waals surface area contributed by atoms with Crippen molar-refractivity contribution < 1.29 is 0 Å². The number of hydrogen-bond acceptors (Lipinski definition) is 3. The Kier molecular flexibility index (Phi) is 2.45. The van der Waals surface area contributed by atoms with Gasteiger partial charge in [0.1, 0.15) is 5.82 Å². The fourth-order valence-corrected chi connectivity index (χ4v) is 1.31. The van der Waals surface area contributed by atoms with Crippen molar-refractivity contribution in [2.24, 2.45) is 0 Å². The molecule has 0 amide bonds. The number of hydrogen-bond donors (Lipinski definition) is 2. The highest BCUT2D eigenvalue weighted by Gasteiger charge is 1.99. The van der Waals surface area contributed by atoms with E-state index >= 15 is 0 Å². The van der Waals surface area contributed by atoms with Gasteiger partial charge in [0.25, 0.3) is 0 Å². The van der Waals surface area contributed by atoms with Gasteiger partial charge in [-0.2, -0.15) is 4.98 Å². The number of nitrogens with zero attached hydrogens (tertiary/aromatic N) is 1. The van der Waals surface area contributed by atoms with Crippen molar-refractivity contribution >= 4 is 0 Å². The van der Waals surface area contributed by atoms with Gasteiger partial charge in [0.2, 0.25) is 0 Å². The monoisotopic (exact) mass is 203 g/mol. The second-order valence-electron chi connectivity index (χ2n) is 3.11. The lowest BCUT2D eigenvalue weighted by molar-refractivity contribution is 0.848. The van der Waals surface area contributed by atoms with Crippen LogP contribution in [0, 0.1) is 0 Å². The van der Waals surface area contributed by atoms with Crippen LogP contribution in [0.2, 0.25) is 0 Å². The van der Waals surface area contributed by atoms with Gasteiger partial charge in [-0.05, 0) is 5.56 Å². The molecule has 0 unspecified atom stereocenters. The molecule has 1 aromatic carbocycles. The van der Waals surface area contributed by atoms with Crippen molar-refractivity contribution in [1.29, 1.82) is 0 Å². The van der Waals surface area contributed by atoms with E-state index in [4.69, 9.17) is 0 Å². The minimum Gasteiger partial charge on any atom is -0.295 e. The number of H-pyrrole nitrogens is 2. The molecule has 5 nitrogen and oxygen atoms in total. The number of rotatable bonds is 2. The third-order valence-electron chi connectivity index (χ3n) is 1.93. The standard InChI is InChI=1S/C10H9N3O2/c14-9-11-8(12-10(15)13-9)6-7-4-2-1-3-5-7/h1-5H,6H2,(H2,11,12,13,14,15). The van der Waals surface area contributed by atoms with Gasteiger partial charge in [0.05, 0.1) is 0 Å². The maximum absolute atomic E-state index is 11.0. The largest absolute Gasteiger partial charge is 0.350 e. The Morgan fingerprint density at radius 2 is 1.80 bits per heavy atom. The van der Waals surface area contributed by atoms with Crippen molar-refractivity contribution in [2.45, 2.75) is 6.42 Å². The van der Waals surface area contributed by atoms with Gasteiger partial charge in [-0.25, -0.2) is 9.59 Å². The van der Waals surface area contributed by atoms with Crippen LogP contribution < -0.4 is 11.4 Å². The molecule has 1 heterocycles. The van der Waals surface area contributed by atoms with Crippen molar-refractivity contribution in [3.8, 4) is 0 Å². The number of aromatic amines is 2. The summed E-state index contributed by atoms with van der Waals surface area (Å²) in [4.78, 5) is 30.0. The average molecular weight is 203 g/mol. The minimum absolute atomic E-state index is 0.370. The molecule has 2 aromatic rings. The third-order valence-corrected chi connectivity index (χ3v) is 1.93. The summed E-state index contributed by atoms with van der Waals surface area (Å²) < 4.78 is 0. The van der Waals surface area contributed by atoms with E-state index in [-0.39, 0.29) is 0 Å². The second-order valence-corrected chi connectivity index (χ2v) is 3.11. The van der Waals surface area contributed by atoms with Gasteiger partial charge in [-0.15, -0.1) is 0 Å². The Labute approximate surface area is 84.8 Å². The molecule has 1 aromatic heterocycles. The number of aromatic nitrogens is 3. The Balaban J connectivity index is 2.33. The van der Waals surface area contributed by atoms with E-state index < -0.39 is 11.4 Å². The Morgan fingerprint density at radius 3 is 2.47 bits per heavy atom. The first kappa shape index (κ1) is 9.39. The van der Waals surface area contributed by atoms with Crippen LogP contribution in [0.25, 0.3) is 0 Å². The van der Waals surface area contributed by atoms with E-state index in [1.165, 1.54) is 0 Å². The van der Waals surface area contributed by atoms with E-state index in [0.717, 1.165) is 5.56 Å². The fraction of sp³-hybridized carbons (Fsp3) is 0.100. The molecule has 0 aliphatic rings. The highest BCUT2D eigenvalue weighted by molar-refractivity contribution is 5.18. The van der Waals surface area contributed by atoms with Gasteiger partial charge < -0.3 is 0 Å². The number of benzene rings is 1. The van der Waals surface area contributed by atoms with E-state index in [1.807, 2.05) is 35.3 Å². The fourth-order valence-electron chi connectivity index (χ4n) is 1.31. The lowest BCUT2D eigenvalue weighted by Crippen LogP contribution is -2.26. The van der Waals surface area contributed by atoms with Crippen molar-refractivity contribution in [2.75, 3.05) is 0 Å². The molecule has 0 aliphatic heterocycles. The predicted molar refractivity (Wildman–Crippen MR) is 54.7 cm³/mol. The Hall–Kier alpha value is -2.17. The highest BCUT2D eigenvalue weighted by atomic mass is 16.2. The summed E-state index contributed by atoms with van der Waals surface area (Å²) in [7, 11) is 0. The SMILES string of the molecule is O=c1nc(Cc2ccccc2)[nH]c(=O)[nH]1. The van der Waals surface area contributed by atoms with Crippen LogP contribution in [0.1, 0.15) is 11.4 Å². The first-order chi connectivity index (χ1) is 7.24. The first-order valence-electron chi connectivity index (χ1n) is 4.47. The van der Waals surface area contributed by atoms with E-state index in [1.54, 1.807) is 0 Å². The van der Waals surface area contributed by atoms with Crippen molar-refractivity contribution in [1.82, 2.24) is 15.0 Å². The van der Waals surface area contributed by atoms with Gasteiger partial charge in [-0.1, -0.05) is 30.3 Å². The molecule has 0 bridgehead atoms. The molecule has 0 saturated heterocycles. The molecule has 2 N–H and O–H groups in total. The summed E-state index contributed by atoms with van der Waals surface area (Å²) in [5.41, 5.74) is -0.156. The van der Waals surface area contributed by atoms with Crippen LogP contribution in [0.5, 0.6) is 0 Å². The summed E-state index contributed by atoms with van der Waals surface area (Å²) in [5.74, 6) is 0.370. The Bertz CT molecular complexity index is 528. The number of nitrogens with one attached hydrogen (secondary N) is 2. The summed E-state index contributed by atoms with van der Waals surface area (Å²) in [6.45, 7) is 0. The predicted octanol–water partition coefficient (Wildman–Crippen LogP) is 0.0490. The zero-order chi connectivity index (χ0) is 10.7.